The molecule has 0 saturated heterocycles. The number of methoxy groups -OCH3 is 1. The summed E-state index contributed by atoms with van der Waals surface area (Å²) in [4.78, 5) is 23.8. The second kappa shape index (κ2) is 8.18. The molecule has 2 heterocycles. The minimum atomic E-state index is -0.551. The van der Waals surface area contributed by atoms with E-state index in [2.05, 4.69) is 25.6 Å². The number of aromatic nitrogens is 3. The van der Waals surface area contributed by atoms with Crippen LogP contribution >= 0.6 is 11.6 Å². The van der Waals surface area contributed by atoms with Gasteiger partial charge in [-0.05, 0) is 42.5 Å². The molecule has 0 spiro atoms. The van der Waals surface area contributed by atoms with Crippen molar-refractivity contribution >= 4 is 51.2 Å². The van der Waals surface area contributed by atoms with Crippen LogP contribution in [0.2, 0.25) is 5.02 Å². The predicted octanol–water partition coefficient (Wildman–Crippen LogP) is 5.08. The average molecular weight is 423 g/mol. The summed E-state index contributed by atoms with van der Waals surface area (Å²) in [6.45, 7) is 0. The molecule has 0 amide bonds. The summed E-state index contributed by atoms with van der Waals surface area (Å²) in [5.41, 5.74) is 1.50. The van der Waals surface area contributed by atoms with E-state index in [-0.39, 0.29) is 17.3 Å². The van der Waals surface area contributed by atoms with Crippen LogP contribution in [0.5, 0.6) is 5.75 Å². The highest BCUT2D eigenvalue weighted by atomic mass is 35.5. The number of hydrogen-bond acceptors (Lipinski definition) is 8. The van der Waals surface area contributed by atoms with Crippen LogP contribution in [0.15, 0.2) is 61.1 Å². The van der Waals surface area contributed by atoms with Gasteiger partial charge in [-0.15, -0.1) is 0 Å². The van der Waals surface area contributed by atoms with Crippen LogP contribution in [0.4, 0.5) is 28.7 Å². The molecule has 10 heteroatoms. The lowest BCUT2D eigenvalue weighted by Crippen LogP contribution is -2.06. The van der Waals surface area contributed by atoms with Gasteiger partial charge >= 0.3 is 5.69 Å². The number of benzene rings is 2. The molecular formula is C20H15ClN6O3. The Hall–Kier alpha value is -3.98. The molecule has 0 fully saturated rings. The largest absolute Gasteiger partial charge is 0.495 e. The first-order valence-corrected chi connectivity index (χ1v) is 9.15. The van der Waals surface area contributed by atoms with Crippen LogP contribution in [0.25, 0.3) is 10.9 Å². The fourth-order valence-electron chi connectivity index (χ4n) is 2.98. The molecule has 2 N–H and O–H groups in total. The highest BCUT2D eigenvalue weighted by Gasteiger charge is 2.24. The fourth-order valence-corrected chi connectivity index (χ4v) is 3.15. The van der Waals surface area contributed by atoms with Crippen molar-refractivity contribution in [2.75, 3.05) is 17.7 Å². The first-order chi connectivity index (χ1) is 14.6. The predicted molar refractivity (Wildman–Crippen MR) is 115 cm³/mol. The Morgan fingerprint density at radius 2 is 1.77 bits per heavy atom. The van der Waals surface area contributed by atoms with Crippen LogP contribution in [-0.2, 0) is 0 Å². The van der Waals surface area contributed by atoms with E-state index in [9.17, 15) is 10.1 Å². The van der Waals surface area contributed by atoms with Gasteiger partial charge in [0.1, 0.15) is 12.1 Å². The molecule has 0 aliphatic rings. The smallest absolute Gasteiger partial charge is 0.353 e. The highest BCUT2D eigenvalue weighted by molar-refractivity contribution is 6.31. The third-order valence-electron chi connectivity index (χ3n) is 4.32. The van der Waals surface area contributed by atoms with E-state index < -0.39 is 4.92 Å². The third-order valence-corrected chi connectivity index (χ3v) is 4.55. The molecule has 0 aliphatic heterocycles. The Morgan fingerprint density at radius 1 is 1.00 bits per heavy atom. The van der Waals surface area contributed by atoms with Gasteiger partial charge in [0, 0.05) is 22.3 Å². The Balaban J connectivity index is 1.77. The standard InChI is InChI=1S/C20H15ClN6O3/c1-30-17-8-7-12(21)10-16(17)26-20-18(27(28)29)19(23-11-24-20)25-15-6-2-5-14-13(15)4-3-9-22-14/h2-11H,1H3,(H2,23,24,25,26). The van der Waals surface area contributed by atoms with E-state index in [1.165, 1.54) is 13.4 Å². The molecule has 2 aromatic carbocycles. The number of nitrogens with zero attached hydrogens (tertiary/aromatic N) is 4. The number of nitrogens with one attached hydrogen (secondary N) is 2. The molecule has 0 saturated carbocycles. The quantitative estimate of drug-likeness (QED) is 0.326. The zero-order valence-corrected chi connectivity index (χ0v) is 16.4. The molecule has 0 bridgehead atoms. The molecule has 4 rings (SSSR count). The first kappa shape index (κ1) is 19.3. The summed E-state index contributed by atoms with van der Waals surface area (Å²) < 4.78 is 5.29. The van der Waals surface area contributed by atoms with Gasteiger partial charge in [0.25, 0.3) is 0 Å². The van der Waals surface area contributed by atoms with Crippen molar-refractivity contribution in [2.24, 2.45) is 0 Å². The number of rotatable bonds is 6. The maximum atomic E-state index is 11.9. The summed E-state index contributed by atoms with van der Waals surface area (Å²) in [7, 11) is 1.49. The monoisotopic (exact) mass is 422 g/mol. The van der Waals surface area contributed by atoms with Crippen molar-refractivity contribution in [2.45, 2.75) is 0 Å². The van der Waals surface area contributed by atoms with Crippen molar-refractivity contribution in [1.29, 1.82) is 0 Å². The van der Waals surface area contributed by atoms with Gasteiger partial charge in [-0.1, -0.05) is 17.7 Å². The zero-order chi connectivity index (χ0) is 21.1. The van der Waals surface area contributed by atoms with E-state index in [4.69, 9.17) is 16.3 Å². The number of hydrogen-bond donors (Lipinski definition) is 2. The van der Waals surface area contributed by atoms with E-state index >= 15 is 0 Å². The van der Waals surface area contributed by atoms with Gasteiger partial charge in [-0.2, -0.15) is 0 Å². The molecule has 0 unspecified atom stereocenters. The first-order valence-electron chi connectivity index (χ1n) is 8.77. The number of halogens is 1. The van der Waals surface area contributed by atoms with E-state index in [1.807, 2.05) is 12.1 Å². The lowest BCUT2D eigenvalue weighted by atomic mass is 10.2. The van der Waals surface area contributed by atoms with Crippen LogP contribution in [-0.4, -0.2) is 27.0 Å². The maximum Gasteiger partial charge on any atom is 0.353 e. The summed E-state index contributed by atoms with van der Waals surface area (Å²) in [5.74, 6) is 0.494. The number of nitro groups is 1. The number of anilines is 4. The Bertz CT molecular complexity index is 1250. The zero-order valence-electron chi connectivity index (χ0n) is 15.7. The lowest BCUT2D eigenvalue weighted by Gasteiger charge is -2.13. The van der Waals surface area contributed by atoms with Crippen LogP contribution in [0.3, 0.4) is 0 Å². The number of pyridine rings is 1. The summed E-state index contributed by atoms with van der Waals surface area (Å²) in [6, 6.07) is 14.0. The summed E-state index contributed by atoms with van der Waals surface area (Å²) in [5, 5.41) is 19.1. The van der Waals surface area contributed by atoms with Gasteiger partial charge in [0.2, 0.25) is 11.6 Å². The lowest BCUT2D eigenvalue weighted by molar-refractivity contribution is -0.383. The number of fused-ring (bicyclic) bond motifs is 1. The number of ether oxygens (including phenoxy) is 1. The van der Waals surface area contributed by atoms with Crippen molar-refractivity contribution in [1.82, 2.24) is 15.0 Å². The van der Waals surface area contributed by atoms with E-state index in [0.29, 0.717) is 22.1 Å². The molecule has 9 nitrogen and oxygen atoms in total. The van der Waals surface area contributed by atoms with Crippen LogP contribution in [0.1, 0.15) is 0 Å². The normalized spacial score (nSPS) is 10.6. The minimum absolute atomic E-state index is 0.00331. The van der Waals surface area contributed by atoms with Crippen molar-refractivity contribution in [3.05, 3.63) is 76.2 Å². The second-order valence-corrected chi connectivity index (χ2v) is 6.58. The molecular weight excluding hydrogens is 408 g/mol. The molecule has 4 aromatic rings. The maximum absolute atomic E-state index is 11.9. The molecule has 30 heavy (non-hydrogen) atoms. The second-order valence-electron chi connectivity index (χ2n) is 6.15. The van der Waals surface area contributed by atoms with E-state index in [0.717, 1.165) is 10.9 Å². The van der Waals surface area contributed by atoms with Gasteiger partial charge in [-0.3, -0.25) is 15.1 Å². The van der Waals surface area contributed by atoms with Gasteiger partial charge in [0.15, 0.2) is 0 Å². The topological polar surface area (TPSA) is 115 Å². The van der Waals surface area contributed by atoms with Crippen molar-refractivity contribution < 1.29 is 9.66 Å². The SMILES string of the molecule is COc1ccc(Cl)cc1Nc1ncnc(Nc2cccc3ncccc23)c1[N+](=O)[O-]. The Kier molecular flexibility index (Phi) is 5.27. The van der Waals surface area contributed by atoms with Gasteiger partial charge < -0.3 is 15.4 Å². The molecule has 2 aromatic heterocycles. The minimum Gasteiger partial charge on any atom is -0.495 e. The summed E-state index contributed by atoms with van der Waals surface area (Å²) >= 11 is 6.06. The Morgan fingerprint density at radius 3 is 2.50 bits per heavy atom. The van der Waals surface area contributed by atoms with Crippen molar-refractivity contribution in [3.8, 4) is 5.75 Å². The average Bonchev–Trinajstić information content (AvgIpc) is 2.74. The highest BCUT2D eigenvalue weighted by Crippen LogP contribution is 2.37. The van der Waals surface area contributed by atoms with Gasteiger partial charge in [0.05, 0.1) is 23.2 Å². The fraction of sp³-hybridized carbons (Fsp3) is 0.0500. The summed E-state index contributed by atoms with van der Waals surface area (Å²) in [6.07, 6.45) is 2.91. The molecule has 0 aliphatic carbocycles. The van der Waals surface area contributed by atoms with E-state index in [1.54, 1.807) is 42.6 Å². The van der Waals surface area contributed by atoms with Crippen LogP contribution < -0.4 is 15.4 Å². The Labute approximate surface area is 175 Å². The molecule has 0 radical (unpaired) electrons. The van der Waals surface area contributed by atoms with Gasteiger partial charge in [-0.25, -0.2) is 9.97 Å². The molecule has 150 valence electrons. The van der Waals surface area contributed by atoms with Crippen molar-refractivity contribution in [3.63, 3.8) is 0 Å². The molecule has 0 atom stereocenters. The third kappa shape index (κ3) is 3.78. The van der Waals surface area contributed by atoms with Crippen LogP contribution in [0, 0.1) is 10.1 Å².